The van der Waals surface area contributed by atoms with Gasteiger partial charge < -0.3 is 108 Å². The highest BCUT2D eigenvalue weighted by atomic mass is 33.1. The molecular weight excluding hydrogens is 1600 g/mol. The highest BCUT2D eigenvalue weighted by Gasteiger charge is 2.38. The largest absolute Gasteiger partial charge is 0.481 e. The first-order valence-corrected chi connectivity index (χ1v) is 43.8. The Morgan fingerprint density at radius 1 is 0.504 bits per heavy atom. The van der Waals surface area contributed by atoms with Gasteiger partial charge in [-0.3, -0.25) is 76.7 Å². The number of morpholine rings is 1. The summed E-state index contributed by atoms with van der Waals surface area (Å²) in [4.78, 5) is 218. The number of rotatable bonds is 22. The highest BCUT2D eigenvalue weighted by Crippen LogP contribution is 2.26. The number of likely N-dealkylation sites (N-methyl/N-ethyl adjacent to an activating group) is 1. The van der Waals surface area contributed by atoms with Crippen LogP contribution < -0.4 is 64.6 Å². The summed E-state index contributed by atoms with van der Waals surface area (Å²) >= 11 is 0. The maximum absolute atomic E-state index is 14.1. The molecule has 10 atom stereocenters. The maximum Gasteiger partial charge on any atom is 0.305 e. The van der Waals surface area contributed by atoms with Crippen LogP contribution in [0.2, 0.25) is 0 Å². The first-order chi connectivity index (χ1) is 55.4. The molecule has 3 aliphatic heterocycles. The molecule has 2 aromatic carbocycles. The Labute approximate surface area is 694 Å². The van der Waals surface area contributed by atoms with Crippen molar-refractivity contribution in [2.75, 3.05) is 117 Å². The zero-order valence-electron chi connectivity index (χ0n) is 67.3. The molecule has 3 fully saturated rings. The van der Waals surface area contributed by atoms with Crippen LogP contribution in [0.3, 0.4) is 0 Å². The van der Waals surface area contributed by atoms with Crippen LogP contribution in [-0.2, 0) is 94.3 Å². The number of amides is 14. The minimum Gasteiger partial charge on any atom is -0.481 e. The van der Waals surface area contributed by atoms with Crippen molar-refractivity contribution in [3.05, 3.63) is 72.1 Å². The van der Waals surface area contributed by atoms with Crippen molar-refractivity contribution in [3.63, 3.8) is 0 Å². The number of fused-ring (bicyclic) bond motifs is 2. The Kier molecular flexibility index (Phi) is 39.2. The third kappa shape index (κ3) is 32.6. The quantitative estimate of drug-likeness (QED) is 0.0255. The summed E-state index contributed by atoms with van der Waals surface area (Å²) in [6.07, 6.45) is 5.83. The van der Waals surface area contributed by atoms with Crippen molar-refractivity contribution < 1.29 is 101 Å². The third-order valence-electron chi connectivity index (χ3n) is 19.9. The Morgan fingerprint density at radius 3 is 1.29 bits per heavy atom. The number of quaternary nitrogens is 2. The summed E-state index contributed by atoms with van der Waals surface area (Å²) in [5.74, 6) is -12.4. The van der Waals surface area contributed by atoms with Gasteiger partial charge >= 0.3 is 11.9 Å². The monoisotopic (exact) mass is 1710 g/mol. The zero-order chi connectivity index (χ0) is 86.1. The number of ether oxygens (including phenoxy) is 1. The van der Waals surface area contributed by atoms with E-state index in [4.69, 9.17) is 16.2 Å². The van der Waals surface area contributed by atoms with Gasteiger partial charge in [-0.05, 0) is 102 Å². The second-order valence-electron chi connectivity index (χ2n) is 30.3. The lowest BCUT2D eigenvalue weighted by atomic mass is 10.1. The number of carboxylic acids is 2. The summed E-state index contributed by atoms with van der Waals surface area (Å²) in [5.41, 5.74) is 14.8. The lowest BCUT2D eigenvalue weighted by Crippen LogP contribution is -2.59. The number of benzene rings is 2. The lowest BCUT2D eigenvalue weighted by molar-refractivity contribution is -0.917. The van der Waals surface area contributed by atoms with Crippen LogP contribution in [0.15, 0.2) is 60.9 Å². The van der Waals surface area contributed by atoms with E-state index in [1.807, 2.05) is 69.7 Å². The van der Waals surface area contributed by atoms with E-state index in [0.717, 1.165) is 76.4 Å². The number of aliphatic carboxylic acids is 2. The van der Waals surface area contributed by atoms with Gasteiger partial charge in [0, 0.05) is 83.1 Å². The van der Waals surface area contributed by atoms with Crippen molar-refractivity contribution >= 4 is 160 Å². The fourth-order valence-electron chi connectivity index (χ4n) is 13.0. The number of para-hydroxylation sites is 2. The standard InChI is InChI=1S/C39H57N9O10S2.C37H55N9O9S2/c1-24-39(57)47(13-11-26-21-41-28-9-5-4-8-27(26)28)25(2)36(54)46-31(35(40)53)23-60-59-19-12-32(49)44-29(10-6-7-14-48(3)15-17-58-18-16-48)37(55)42-22-33(50)45-30(20-34(51)52)38(56)43-24;1-22-37(55)45(15-13-24-19-39-26-11-7-6-10-25(24)26)23(2)34(52)44-29(33(38)51)21-57-56-17-14-30(47)42-27(12-8-9-16-46(3,4)5)35(53)40-20-31(48)43-28(18-32(49)50)36(54)41-22/h4-5,8-9,21,24-25,29-31,41H,6-7,10-20,22-23H2,1-3H3,(H7-,40,42,43,44,45,46,49,50,51,52,53,54,55,56);6-7,10-11,19,22-23,27-29,39H,8-9,12-18,20-21H2,1-5H3,(H7-,38,40,41,42,43,44,47,48,49,50,51,52,53,54)/p+2/t24-,25-,29?,30-,31-;22-,23-,27?,28-,29-/m00/s1. The molecule has 2 aromatic heterocycles. The average Bonchev–Trinajstić information content (AvgIpc) is 1.73. The first-order valence-electron chi connectivity index (χ1n) is 38.8. The number of primary amides is 2. The third-order valence-corrected chi connectivity index (χ3v) is 24.7. The molecule has 0 aliphatic carbocycles. The maximum atomic E-state index is 14.1. The van der Waals surface area contributed by atoms with Gasteiger partial charge in [-0.1, -0.05) is 79.6 Å². The number of H-pyrrole nitrogens is 2. The van der Waals surface area contributed by atoms with Crippen LogP contribution in [0.1, 0.15) is 103 Å². The molecule has 3 aliphatic rings. The van der Waals surface area contributed by atoms with Gasteiger partial charge in [-0.15, -0.1) is 0 Å². The molecule has 0 bridgehead atoms. The Bertz CT molecular complexity index is 4140. The highest BCUT2D eigenvalue weighted by molar-refractivity contribution is 8.77. The minimum absolute atomic E-state index is 0.00734. The molecule has 5 heterocycles. The number of nitrogens with zero attached hydrogens (tertiary/aromatic N) is 4. The second-order valence-corrected chi connectivity index (χ2v) is 35.5. The van der Waals surface area contributed by atoms with Gasteiger partial charge in [0.1, 0.15) is 73.5 Å². The lowest BCUT2D eigenvalue weighted by Gasteiger charge is -2.37. The number of nitrogens with one attached hydrogen (secondary N) is 12. The zero-order valence-corrected chi connectivity index (χ0v) is 70.6. The molecule has 14 amide bonds. The van der Waals surface area contributed by atoms with E-state index in [-0.39, 0.29) is 50.3 Å². The molecule has 644 valence electrons. The van der Waals surface area contributed by atoms with Crippen LogP contribution in [0, 0.1) is 0 Å². The van der Waals surface area contributed by atoms with Crippen molar-refractivity contribution in [2.45, 2.75) is 165 Å². The summed E-state index contributed by atoms with van der Waals surface area (Å²) in [6, 6.07) is 2.65. The second kappa shape index (κ2) is 47.7. The van der Waals surface area contributed by atoms with Crippen LogP contribution in [0.5, 0.6) is 0 Å². The van der Waals surface area contributed by atoms with Crippen molar-refractivity contribution in [3.8, 4) is 0 Å². The predicted molar refractivity (Wildman–Crippen MR) is 443 cm³/mol. The Hall–Kier alpha value is -9.68. The van der Waals surface area contributed by atoms with Gasteiger partial charge in [0.25, 0.3) is 0 Å². The predicted octanol–water partition coefficient (Wildman–Crippen LogP) is -0.981. The van der Waals surface area contributed by atoms with Gasteiger partial charge in [0.15, 0.2) is 0 Å². The molecule has 2 unspecified atom stereocenters. The van der Waals surface area contributed by atoms with Gasteiger partial charge in [0.05, 0.1) is 80.4 Å². The first kappa shape index (κ1) is 96.2. The smallest absolute Gasteiger partial charge is 0.305 e. The Balaban J connectivity index is 0.000000364. The number of hydrogen-bond donors (Lipinski definition) is 16. The van der Waals surface area contributed by atoms with Gasteiger partial charge in [0.2, 0.25) is 82.7 Å². The molecule has 0 radical (unpaired) electrons. The van der Waals surface area contributed by atoms with E-state index < -0.39 is 181 Å². The van der Waals surface area contributed by atoms with Crippen LogP contribution in [-0.4, -0.2) is 311 Å². The summed E-state index contributed by atoms with van der Waals surface area (Å²) < 4.78 is 7.02. The fourth-order valence-corrected chi connectivity index (χ4v) is 17.3. The molecule has 37 nitrogen and oxygen atoms in total. The summed E-state index contributed by atoms with van der Waals surface area (Å²) in [5, 5.41) is 46.2. The molecule has 3 saturated heterocycles. The van der Waals surface area contributed by atoms with Gasteiger partial charge in [-0.25, -0.2) is 0 Å². The number of hydrogen-bond acceptors (Lipinski definition) is 21. The van der Waals surface area contributed by atoms with Crippen LogP contribution >= 0.6 is 43.2 Å². The number of aromatic amines is 2. The molecule has 4 aromatic rings. The minimum atomic E-state index is -1.64. The normalized spacial score (nSPS) is 24.0. The van der Waals surface area contributed by atoms with E-state index >= 15 is 0 Å². The average molecular weight is 1710 g/mol. The topological polar surface area (TPSA) is 533 Å². The number of nitrogens with two attached hydrogens (primary N) is 2. The number of carbonyl (C=O) groups is 16. The van der Waals surface area contributed by atoms with Gasteiger partial charge in [-0.2, -0.15) is 0 Å². The van der Waals surface area contributed by atoms with E-state index in [0.29, 0.717) is 54.9 Å². The van der Waals surface area contributed by atoms with Crippen LogP contribution in [0.4, 0.5) is 0 Å². The summed E-state index contributed by atoms with van der Waals surface area (Å²) in [6.45, 7) is 9.20. The number of aromatic nitrogens is 2. The molecule has 117 heavy (non-hydrogen) atoms. The molecule has 0 saturated carbocycles. The Morgan fingerprint density at radius 2 is 0.897 bits per heavy atom. The number of carbonyl (C=O) groups excluding carboxylic acids is 14. The number of carboxylic acid groups (broad SMARTS) is 2. The molecule has 41 heteroatoms. The van der Waals surface area contributed by atoms with Crippen molar-refractivity contribution in [1.82, 2.24) is 72.9 Å². The fraction of sp³-hybridized carbons (Fsp3) is 0.579. The molecule has 7 rings (SSSR count). The van der Waals surface area contributed by atoms with Crippen LogP contribution in [0.25, 0.3) is 21.8 Å². The molecular formula is C76H114N18O19S4+2. The molecule has 18 N–H and O–H groups in total. The van der Waals surface area contributed by atoms with Crippen molar-refractivity contribution in [1.29, 1.82) is 0 Å². The van der Waals surface area contributed by atoms with Crippen molar-refractivity contribution in [2.24, 2.45) is 11.5 Å². The summed E-state index contributed by atoms with van der Waals surface area (Å²) in [7, 11) is 13.2. The van der Waals surface area contributed by atoms with E-state index in [1.165, 1.54) is 80.7 Å². The van der Waals surface area contributed by atoms with E-state index in [2.05, 4.69) is 70.2 Å². The van der Waals surface area contributed by atoms with E-state index in [9.17, 15) is 86.9 Å². The SMILES string of the molecule is C[C@@H]1NC(=O)[C@H](CC(=O)O)NC(=O)CNC(=O)C(CCCC[N+](C)(C)C)NC(=O)CCSSC[C@@H](C(N)=O)NC(=O)[C@H](C)N(CCc2c[nH]c3ccccc23)C1=O.C[C@@H]1NC(=O)[C@H](CC(=O)O)NC(=O)CNC(=O)C(CCCC[N+]2(C)CCOCC2)NC(=O)CCSSC[C@@H](C(N)=O)NC(=O)[C@H](C)N(CCc2c[nH]c3ccccc23)C1=O. The van der Waals surface area contributed by atoms with E-state index in [1.54, 1.807) is 12.4 Å². The number of unbranched alkanes of at least 4 members (excludes halogenated alkanes) is 2. The molecule has 0 spiro atoms.